The molecule has 1 saturated heterocycles. The van der Waals surface area contributed by atoms with Crippen molar-refractivity contribution in [1.29, 1.82) is 0 Å². The number of hydrogen-bond donors (Lipinski definition) is 0. The first kappa shape index (κ1) is 10.9. The second-order valence-corrected chi connectivity index (χ2v) is 6.21. The van der Waals surface area contributed by atoms with Gasteiger partial charge in [0, 0.05) is 36.3 Å². The lowest BCUT2D eigenvalue weighted by Gasteiger charge is -2.50. The largest absolute Gasteiger partial charge is 0.230 e. The smallest absolute Gasteiger partial charge is 0.0271 e. The van der Waals surface area contributed by atoms with Crippen LogP contribution in [0.25, 0.3) is 0 Å². The van der Waals surface area contributed by atoms with E-state index in [-0.39, 0.29) is 0 Å². The van der Waals surface area contributed by atoms with E-state index in [1.54, 1.807) is 10.4 Å². The van der Waals surface area contributed by atoms with Crippen molar-refractivity contribution in [2.24, 2.45) is 0 Å². The Morgan fingerprint density at radius 1 is 1.08 bits per heavy atom. The Bertz CT molecular complexity index is 152. The molecule has 0 aliphatic carbocycles. The highest BCUT2D eigenvalue weighted by Gasteiger charge is 2.41. The molecule has 1 rings (SSSR count). The van der Waals surface area contributed by atoms with Crippen molar-refractivity contribution >= 4 is 25.2 Å². The molecule has 0 aromatic heterocycles. The monoisotopic (exact) mass is 251 g/mol. The van der Waals surface area contributed by atoms with E-state index < -0.39 is 0 Å². The third-order valence-electron chi connectivity index (χ3n) is 2.75. The standard InChI is InChI=1S/C9H18BrNS/c1-8(2)6-5-7-9(3,4)11(8)12-10/h5-7H2,1-4H3. The molecule has 0 aromatic carbocycles. The van der Waals surface area contributed by atoms with Crippen LogP contribution in [-0.2, 0) is 0 Å². The molecule has 1 aliphatic heterocycles. The van der Waals surface area contributed by atoms with Crippen LogP contribution < -0.4 is 0 Å². The van der Waals surface area contributed by atoms with E-state index in [1.165, 1.54) is 19.3 Å². The second kappa shape index (κ2) is 3.50. The summed E-state index contributed by atoms with van der Waals surface area (Å²) in [4.78, 5) is 0. The van der Waals surface area contributed by atoms with Gasteiger partial charge in [0.25, 0.3) is 0 Å². The molecule has 0 atom stereocenters. The predicted octanol–water partition coefficient (Wildman–Crippen LogP) is 3.99. The SMILES string of the molecule is CC1(C)CCCC(C)(C)N1SBr. The Kier molecular flexibility index (Phi) is 3.17. The van der Waals surface area contributed by atoms with Crippen molar-refractivity contribution in [2.75, 3.05) is 0 Å². The van der Waals surface area contributed by atoms with Crippen molar-refractivity contribution in [3.05, 3.63) is 0 Å². The van der Waals surface area contributed by atoms with Crippen LogP contribution in [0.2, 0.25) is 0 Å². The zero-order valence-electron chi connectivity index (χ0n) is 8.35. The normalized spacial score (nSPS) is 28.8. The topological polar surface area (TPSA) is 3.24 Å². The van der Waals surface area contributed by atoms with Gasteiger partial charge in [0.15, 0.2) is 0 Å². The molecule has 0 spiro atoms. The first-order valence-electron chi connectivity index (χ1n) is 4.49. The van der Waals surface area contributed by atoms with Crippen LogP contribution in [-0.4, -0.2) is 15.4 Å². The highest BCUT2D eigenvalue weighted by molar-refractivity contribution is 9.49. The van der Waals surface area contributed by atoms with Crippen LogP contribution in [0.15, 0.2) is 0 Å². The van der Waals surface area contributed by atoms with Gasteiger partial charge >= 0.3 is 0 Å². The first-order chi connectivity index (χ1) is 5.40. The Hall–Kier alpha value is 0.790. The van der Waals surface area contributed by atoms with E-state index in [9.17, 15) is 0 Å². The maximum atomic E-state index is 3.50. The van der Waals surface area contributed by atoms with Gasteiger partial charge in [-0.25, -0.2) is 4.31 Å². The number of nitrogens with zero attached hydrogens (tertiary/aromatic N) is 1. The summed E-state index contributed by atoms with van der Waals surface area (Å²) >= 11 is 3.50. The van der Waals surface area contributed by atoms with Gasteiger partial charge in [0.2, 0.25) is 0 Å². The molecule has 0 N–H and O–H groups in total. The summed E-state index contributed by atoms with van der Waals surface area (Å²) < 4.78 is 2.48. The lowest BCUT2D eigenvalue weighted by atomic mass is 9.83. The van der Waals surface area contributed by atoms with Crippen LogP contribution in [0.1, 0.15) is 47.0 Å². The summed E-state index contributed by atoms with van der Waals surface area (Å²) in [6.07, 6.45) is 3.95. The van der Waals surface area contributed by atoms with E-state index in [4.69, 9.17) is 0 Å². The van der Waals surface area contributed by atoms with Gasteiger partial charge in [0.1, 0.15) is 0 Å². The molecule has 1 aliphatic rings. The molecule has 0 radical (unpaired) electrons. The lowest BCUT2D eigenvalue weighted by molar-refractivity contribution is 0.0696. The molecule has 0 saturated carbocycles. The van der Waals surface area contributed by atoms with Crippen molar-refractivity contribution in [3.63, 3.8) is 0 Å². The molecule has 1 nitrogen and oxygen atoms in total. The third kappa shape index (κ3) is 1.99. The van der Waals surface area contributed by atoms with Gasteiger partial charge < -0.3 is 0 Å². The Morgan fingerprint density at radius 2 is 1.50 bits per heavy atom. The molecule has 12 heavy (non-hydrogen) atoms. The Balaban J connectivity index is 2.81. The number of piperidine rings is 1. The van der Waals surface area contributed by atoms with Gasteiger partial charge in [-0.1, -0.05) is 0 Å². The number of rotatable bonds is 1. The highest BCUT2D eigenvalue weighted by atomic mass is 79.9. The fourth-order valence-electron chi connectivity index (χ4n) is 2.16. The summed E-state index contributed by atoms with van der Waals surface area (Å²) in [5, 5.41) is 0. The molecule has 3 heteroatoms. The quantitative estimate of drug-likeness (QED) is 0.649. The maximum Gasteiger partial charge on any atom is 0.0271 e. The van der Waals surface area contributed by atoms with Crippen molar-refractivity contribution in [3.8, 4) is 0 Å². The van der Waals surface area contributed by atoms with E-state index in [2.05, 4.69) is 46.8 Å². The van der Waals surface area contributed by atoms with Gasteiger partial charge in [-0.05, 0) is 47.0 Å². The minimum absolute atomic E-state index is 0.329. The highest BCUT2D eigenvalue weighted by Crippen LogP contribution is 2.44. The summed E-state index contributed by atoms with van der Waals surface area (Å²) in [5.41, 5.74) is 0.659. The molecule has 72 valence electrons. The Labute approximate surface area is 87.6 Å². The minimum Gasteiger partial charge on any atom is -0.230 e. The van der Waals surface area contributed by atoms with E-state index in [1.807, 2.05) is 0 Å². The molecular weight excluding hydrogens is 234 g/mol. The molecule has 1 fully saturated rings. The van der Waals surface area contributed by atoms with Crippen LogP contribution >= 0.6 is 25.2 Å². The molecule has 0 bridgehead atoms. The van der Waals surface area contributed by atoms with Crippen LogP contribution in [0.3, 0.4) is 0 Å². The maximum absolute atomic E-state index is 3.50. The van der Waals surface area contributed by atoms with E-state index >= 15 is 0 Å². The average Bonchev–Trinajstić information content (AvgIpc) is 1.83. The number of halogens is 1. The van der Waals surface area contributed by atoms with E-state index in [0.29, 0.717) is 11.1 Å². The second-order valence-electron chi connectivity index (χ2n) is 4.84. The van der Waals surface area contributed by atoms with Crippen LogP contribution in [0, 0.1) is 0 Å². The predicted molar refractivity (Wildman–Crippen MR) is 60.4 cm³/mol. The zero-order valence-corrected chi connectivity index (χ0v) is 10.8. The first-order valence-corrected chi connectivity index (χ1v) is 7.11. The van der Waals surface area contributed by atoms with Crippen LogP contribution in [0.5, 0.6) is 0 Å². The fourth-order valence-corrected chi connectivity index (χ4v) is 5.07. The number of hydrogen-bond acceptors (Lipinski definition) is 2. The summed E-state index contributed by atoms with van der Waals surface area (Å²) in [5.74, 6) is 0. The van der Waals surface area contributed by atoms with Gasteiger partial charge in [-0.2, -0.15) is 0 Å². The van der Waals surface area contributed by atoms with Crippen molar-refractivity contribution < 1.29 is 0 Å². The summed E-state index contributed by atoms with van der Waals surface area (Å²) in [6, 6.07) is 0. The molecule has 0 unspecified atom stereocenters. The minimum atomic E-state index is 0.329. The lowest BCUT2D eigenvalue weighted by Crippen LogP contribution is -2.53. The summed E-state index contributed by atoms with van der Waals surface area (Å²) in [6.45, 7) is 9.29. The van der Waals surface area contributed by atoms with Gasteiger partial charge in [-0.3, -0.25) is 0 Å². The summed E-state index contributed by atoms with van der Waals surface area (Å²) in [7, 11) is 1.71. The van der Waals surface area contributed by atoms with E-state index in [0.717, 1.165) is 0 Å². The molecular formula is C9H18BrNS. The van der Waals surface area contributed by atoms with Crippen molar-refractivity contribution in [1.82, 2.24) is 4.31 Å². The van der Waals surface area contributed by atoms with Gasteiger partial charge in [0.05, 0.1) is 0 Å². The third-order valence-corrected chi connectivity index (χ3v) is 4.74. The molecule has 0 amide bonds. The van der Waals surface area contributed by atoms with Crippen LogP contribution in [0.4, 0.5) is 0 Å². The fraction of sp³-hybridized carbons (Fsp3) is 1.00. The Morgan fingerprint density at radius 3 is 1.75 bits per heavy atom. The molecule has 1 heterocycles. The average molecular weight is 252 g/mol. The van der Waals surface area contributed by atoms with Gasteiger partial charge in [-0.15, -0.1) is 0 Å². The van der Waals surface area contributed by atoms with Crippen molar-refractivity contribution in [2.45, 2.75) is 58.0 Å². The zero-order chi connectivity index (χ0) is 9.41. The molecule has 0 aromatic rings.